The summed E-state index contributed by atoms with van der Waals surface area (Å²) in [6, 6.07) is 14.8. The standard InChI is InChI=1S/C17H14N2O3/c1-11-7-9-12(10-8-11)15-18-16(22-19-15)13-5-3-4-6-14(13)17(20)21-2/h3-10H,1-2H3. The predicted molar refractivity (Wildman–Crippen MR) is 81.2 cm³/mol. The fourth-order valence-electron chi connectivity index (χ4n) is 2.11. The van der Waals surface area contributed by atoms with Crippen molar-refractivity contribution < 1.29 is 14.1 Å². The molecular weight excluding hydrogens is 280 g/mol. The van der Waals surface area contributed by atoms with Crippen LogP contribution in [0.5, 0.6) is 0 Å². The predicted octanol–water partition coefficient (Wildman–Crippen LogP) is 3.50. The van der Waals surface area contributed by atoms with E-state index in [9.17, 15) is 4.79 Å². The first kappa shape index (κ1) is 14.0. The van der Waals surface area contributed by atoms with Crippen molar-refractivity contribution >= 4 is 5.97 Å². The molecule has 2 aromatic carbocycles. The minimum Gasteiger partial charge on any atom is -0.465 e. The van der Waals surface area contributed by atoms with Gasteiger partial charge in [0.2, 0.25) is 5.82 Å². The second-order valence-electron chi connectivity index (χ2n) is 4.83. The maximum Gasteiger partial charge on any atom is 0.338 e. The third-order valence-electron chi connectivity index (χ3n) is 3.30. The fourth-order valence-corrected chi connectivity index (χ4v) is 2.11. The number of hydrogen-bond acceptors (Lipinski definition) is 5. The summed E-state index contributed by atoms with van der Waals surface area (Å²) in [6.07, 6.45) is 0. The number of ether oxygens (including phenoxy) is 1. The van der Waals surface area contributed by atoms with E-state index in [0.29, 0.717) is 17.0 Å². The third-order valence-corrected chi connectivity index (χ3v) is 3.30. The number of rotatable bonds is 3. The molecule has 0 fully saturated rings. The highest BCUT2D eigenvalue weighted by atomic mass is 16.5. The van der Waals surface area contributed by atoms with Crippen LogP contribution in [0.2, 0.25) is 0 Å². The zero-order valence-electron chi connectivity index (χ0n) is 12.2. The van der Waals surface area contributed by atoms with E-state index in [1.807, 2.05) is 31.2 Å². The molecule has 22 heavy (non-hydrogen) atoms. The molecule has 0 N–H and O–H groups in total. The van der Waals surface area contributed by atoms with Crippen LogP contribution in [0.4, 0.5) is 0 Å². The number of benzene rings is 2. The van der Waals surface area contributed by atoms with Crippen LogP contribution in [0.3, 0.4) is 0 Å². The van der Waals surface area contributed by atoms with E-state index < -0.39 is 5.97 Å². The molecule has 0 amide bonds. The van der Waals surface area contributed by atoms with Crippen LogP contribution in [0, 0.1) is 6.92 Å². The molecule has 0 atom stereocenters. The summed E-state index contributed by atoms with van der Waals surface area (Å²) in [4.78, 5) is 16.2. The van der Waals surface area contributed by atoms with Crippen LogP contribution in [0.15, 0.2) is 53.1 Å². The Morgan fingerprint density at radius 3 is 2.55 bits per heavy atom. The average Bonchev–Trinajstić information content (AvgIpc) is 3.04. The second-order valence-corrected chi connectivity index (χ2v) is 4.83. The highest BCUT2D eigenvalue weighted by Gasteiger charge is 2.18. The molecule has 0 bridgehead atoms. The van der Waals surface area contributed by atoms with Crippen LogP contribution < -0.4 is 0 Å². The number of methoxy groups -OCH3 is 1. The molecule has 3 aromatic rings. The number of aromatic nitrogens is 2. The maximum absolute atomic E-state index is 11.8. The van der Waals surface area contributed by atoms with Crippen LogP contribution in [-0.2, 0) is 4.74 Å². The van der Waals surface area contributed by atoms with Crippen LogP contribution >= 0.6 is 0 Å². The number of carbonyl (C=O) groups excluding carboxylic acids is 1. The van der Waals surface area contributed by atoms with E-state index >= 15 is 0 Å². The van der Waals surface area contributed by atoms with Gasteiger partial charge in [0.05, 0.1) is 18.2 Å². The van der Waals surface area contributed by atoms with Gasteiger partial charge >= 0.3 is 5.97 Å². The van der Waals surface area contributed by atoms with Crippen molar-refractivity contribution in [2.24, 2.45) is 0 Å². The summed E-state index contributed by atoms with van der Waals surface area (Å²) in [6.45, 7) is 2.01. The Balaban J connectivity index is 2.01. The minimum absolute atomic E-state index is 0.288. The van der Waals surface area contributed by atoms with Gasteiger partial charge in [-0.2, -0.15) is 4.98 Å². The van der Waals surface area contributed by atoms with Gasteiger partial charge in [0.15, 0.2) is 0 Å². The van der Waals surface area contributed by atoms with Crippen molar-refractivity contribution in [2.45, 2.75) is 6.92 Å². The van der Waals surface area contributed by atoms with E-state index in [4.69, 9.17) is 9.26 Å². The first-order valence-corrected chi connectivity index (χ1v) is 6.77. The topological polar surface area (TPSA) is 65.2 Å². The van der Waals surface area contributed by atoms with Gasteiger partial charge in [-0.05, 0) is 19.1 Å². The van der Waals surface area contributed by atoms with Crippen LogP contribution in [-0.4, -0.2) is 23.2 Å². The van der Waals surface area contributed by atoms with Gasteiger partial charge in [-0.25, -0.2) is 4.79 Å². The highest BCUT2D eigenvalue weighted by Crippen LogP contribution is 2.25. The van der Waals surface area contributed by atoms with Gasteiger partial charge in [0, 0.05) is 5.56 Å². The quantitative estimate of drug-likeness (QED) is 0.692. The molecule has 0 saturated heterocycles. The molecule has 5 heteroatoms. The monoisotopic (exact) mass is 294 g/mol. The van der Waals surface area contributed by atoms with Gasteiger partial charge in [-0.1, -0.05) is 47.1 Å². The largest absolute Gasteiger partial charge is 0.465 e. The Morgan fingerprint density at radius 1 is 1.09 bits per heavy atom. The van der Waals surface area contributed by atoms with Crippen molar-refractivity contribution in [3.8, 4) is 22.8 Å². The molecule has 0 aliphatic carbocycles. The maximum atomic E-state index is 11.8. The van der Waals surface area contributed by atoms with Crippen LogP contribution in [0.25, 0.3) is 22.8 Å². The summed E-state index contributed by atoms with van der Waals surface area (Å²) in [5, 5.41) is 3.98. The van der Waals surface area contributed by atoms with Gasteiger partial charge in [-0.3, -0.25) is 0 Å². The molecule has 1 heterocycles. The summed E-state index contributed by atoms with van der Waals surface area (Å²) >= 11 is 0. The Hall–Kier alpha value is -2.95. The van der Waals surface area contributed by atoms with E-state index in [2.05, 4.69) is 10.1 Å². The molecule has 0 aliphatic rings. The number of aryl methyl sites for hydroxylation is 1. The molecule has 0 spiro atoms. The minimum atomic E-state index is -0.439. The Labute approximate surface area is 127 Å². The van der Waals surface area contributed by atoms with E-state index in [-0.39, 0.29) is 5.89 Å². The van der Waals surface area contributed by atoms with Gasteiger partial charge in [0.25, 0.3) is 5.89 Å². The molecule has 110 valence electrons. The molecule has 1 aromatic heterocycles. The van der Waals surface area contributed by atoms with E-state index in [1.54, 1.807) is 24.3 Å². The highest BCUT2D eigenvalue weighted by molar-refractivity contribution is 5.96. The third kappa shape index (κ3) is 2.61. The molecular formula is C17H14N2O3. The Morgan fingerprint density at radius 2 is 1.82 bits per heavy atom. The summed E-state index contributed by atoms with van der Waals surface area (Å²) in [5.74, 6) is 0.330. The first-order chi connectivity index (χ1) is 10.7. The van der Waals surface area contributed by atoms with Crippen molar-refractivity contribution in [3.05, 3.63) is 59.7 Å². The zero-order chi connectivity index (χ0) is 15.5. The normalized spacial score (nSPS) is 10.5. The summed E-state index contributed by atoms with van der Waals surface area (Å²) in [7, 11) is 1.34. The van der Waals surface area contributed by atoms with Crippen LogP contribution in [0.1, 0.15) is 15.9 Å². The van der Waals surface area contributed by atoms with E-state index in [1.165, 1.54) is 7.11 Å². The lowest BCUT2D eigenvalue weighted by Gasteiger charge is -2.02. The molecule has 0 saturated carbocycles. The number of esters is 1. The zero-order valence-corrected chi connectivity index (χ0v) is 12.2. The number of hydrogen-bond donors (Lipinski definition) is 0. The van der Waals surface area contributed by atoms with Gasteiger partial charge in [-0.15, -0.1) is 0 Å². The number of nitrogens with zero attached hydrogens (tertiary/aromatic N) is 2. The van der Waals surface area contributed by atoms with Gasteiger partial charge in [0.1, 0.15) is 0 Å². The smallest absolute Gasteiger partial charge is 0.338 e. The number of carbonyl (C=O) groups is 1. The van der Waals surface area contributed by atoms with E-state index in [0.717, 1.165) is 11.1 Å². The lowest BCUT2D eigenvalue weighted by atomic mass is 10.1. The summed E-state index contributed by atoms with van der Waals surface area (Å²) < 4.78 is 10.1. The average molecular weight is 294 g/mol. The van der Waals surface area contributed by atoms with Crippen molar-refractivity contribution in [1.29, 1.82) is 0 Å². The molecule has 0 radical (unpaired) electrons. The SMILES string of the molecule is COC(=O)c1ccccc1-c1nc(-c2ccc(C)cc2)no1. The Kier molecular flexibility index (Phi) is 3.70. The lowest BCUT2D eigenvalue weighted by Crippen LogP contribution is -2.03. The van der Waals surface area contributed by atoms with Gasteiger partial charge < -0.3 is 9.26 Å². The summed E-state index contributed by atoms with van der Waals surface area (Å²) in [5.41, 5.74) is 2.96. The molecule has 5 nitrogen and oxygen atoms in total. The van der Waals surface area contributed by atoms with Crippen molar-refractivity contribution in [1.82, 2.24) is 10.1 Å². The second kappa shape index (κ2) is 5.81. The first-order valence-electron chi connectivity index (χ1n) is 6.77. The van der Waals surface area contributed by atoms with Crippen molar-refractivity contribution in [2.75, 3.05) is 7.11 Å². The van der Waals surface area contributed by atoms with Crippen molar-refractivity contribution in [3.63, 3.8) is 0 Å². The molecule has 0 unspecified atom stereocenters. The lowest BCUT2D eigenvalue weighted by molar-refractivity contribution is 0.0601. The Bertz CT molecular complexity index is 807. The fraction of sp³-hybridized carbons (Fsp3) is 0.118. The molecule has 0 aliphatic heterocycles. The molecule has 3 rings (SSSR count).